The number of aryl methyl sites for hydroxylation is 1. The molecule has 1 aromatic rings. The molecule has 0 fully saturated rings. The molecule has 1 rings (SSSR count). The van der Waals surface area contributed by atoms with Crippen molar-refractivity contribution >= 4 is 34.8 Å². The molecular formula is C7H13ClN4O2S. The minimum absolute atomic E-state index is 0. The van der Waals surface area contributed by atoms with Crippen LogP contribution in [0.1, 0.15) is 5.01 Å². The number of nitrogens with one attached hydrogen (secondary N) is 1. The third-order valence-corrected chi connectivity index (χ3v) is 2.19. The van der Waals surface area contributed by atoms with Gasteiger partial charge in [-0.3, -0.25) is 10.1 Å². The van der Waals surface area contributed by atoms with E-state index in [0.717, 1.165) is 5.01 Å². The van der Waals surface area contributed by atoms with Gasteiger partial charge in [0.1, 0.15) is 11.0 Å². The smallest absolute Gasteiger partial charge is 0.245 e. The second kappa shape index (κ2) is 6.67. The van der Waals surface area contributed by atoms with Crippen molar-refractivity contribution in [2.24, 2.45) is 5.73 Å². The summed E-state index contributed by atoms with van der Waals surface area (Å²) >= 11 is 1.30. The average molecular weight is 253 g/mol. The topological polar surface area (TPSA) is 90.1 Å². The molecule has 0 saturated heterocycles. The number of carbonyl (C=O) groups excluding carboxylic acids is 1. The zero-order valence-corrected chi connectivity index (χ0v) is 10.0. The number of aromatic nitrogens is 2. The predicted octanol–water partition coefficient (Wildman–Crippen LogP) is 0.181. The lowest BCUT2D eigenvalue weighted by atomic mass is 10.3. The number of halogens is 1. The van der Waals surface area contributed by atoms with Gasteiger partial charge < -0.3 is 10.5 Å². The number of nitrogens with two attached hydrogens (primary N) is 1. The highest BCUT2D eigenvalue weighted by Crippen LogP contribution is 2.13. The van der Waals surface area contributed by atoms with E-state index < -0.39 is 6.04 Å². The van der Waals surface area contributed by atoms with Gasteiger partial charge in [-0.25, -0.2) is 0 Å². The van der Waals surface area contributed by atoms with Crippen LogP contribution < -0.4 is 11.1 Å². The zero-order valence-electron chi connectivity index (χ0n) is 8.39. The van der Waals surface area contributed by atoms with Gasteiger partial charge in [0.25, 0.3) is 0 Å². The number of rotatable bonds is 4. The summed E-state index contributed by atoms with van der Waals surface area (Å²) in [6.07, 6.45) is 0. The molecule has 1 aromatic heterocycles. The second-order valence-electron chi connectivity index (χ2n) is 2.68. The summed E-state index contributed by atoms with van der Waals surface area (Å²) in [5.41, 5.74) is 5.50. The summed E-state index contributed by atoms with van der Waals surface area (Å²) in [4.78, 5) is 11.3. The fourth-order valence-electron chi connectivity index (χ4n) is 0.800. The highest BCUT2D eigenvalue weighted by Gasteiger charge is 2.14. The fourth-order valence-corrected chi connectivity index (χ4v) is 1.40. The van der Waals surface area contributed by atoms with Crippen LogP contribution in [-0.4, -0.2) is 35.9 Å². The first kappa shape index (κ1) is 14.2. The van der Waals surface area contributed by atoms with Crippen LogP contribution in [0.2, 0.25) is 0 Å². The van der Waals surface area contributed by atoms with Gasteiger partial charge in [-0.15, -0.1) is 22.6 Å². The Hall–Kier alpha value is -0.760. The second-order valence-corrected chi connectivity index (χ2v) is 3.86. The average Bonchev–Trinajstić information content (AvgIpc) is 2.51. The molecule has 8 heteroatoms. The third-order valence-electron chi connectivity index (χ3n) is 1.44. The summed E-state index contributed by atoms with van der Waals surface area (Å²) in [5.74, 6) is -0.317. The normalized spacial score (nSPS) is 11.7. The monoisotopic (exact) mass is 252 g/mol. The van der Waals surface area contributed by atoms with E-state index in [-0.39, 0.29) is 24.9 Å². The number of hydrogen-bond donors (Lipinski definition) is 2. The van der Waals surface area contributed by atoms with E-state index in [9.17, 15) is 4.79 Å². The lowest BCUT2D eigenvalue weighted by Gasteiger charge is -2.08. The molecule has 0 aliphatic rings. The molecule has 0 bridgehead atoms. The quantitative estimate of drug-likeness (QED) is 0.798. The highest BCUT2D eigenvalue weighted by atomic mass is 35.5. The van der Waals surface area contributed by atoms with Gasteiger partial charge in [0, 0.05) is 7.11 Å². The van der Waals surface area contributed by atoms with Gasteiger partial charge in [-0.05, 0) is 6.92 Å². The molecule has 0 radical (unpaired) electrons. The molecule has 0 aliphatic heterocycles. The van der Waals surface area contributed by atoms with E-state index in [2.05, 4.69) is 15.5 Å². The fraction of sp³-hybridized carbons (Fsp3) is 0.571. The van der Waals surface area contributed by atoms with Crippen LogP contribution in [0.25, 0.3) is 0 Å². The Morgan fingerprint density at radius 3 is 2.80 bits per heavy atom. The van der Waals surface area contributed by atoms with Gasteiger partial charge in [0.15, 0.2) is 0 Å². The van der Waals surface area contributed by atoms with E-state index in [0.29, 0.717) is 5.13 Å². The van der Waals surface area contributed by atoms with Crippen molar-refractivity contribution in [1.29, 1.82) is 0 Å². The SMILES string of the molecule is COCC(N)C(=O)Nc1nnc(C)s1.Cl. The largest absolute Gasteiger partial charge is 0.383 e. The van der Waals surface area contributed by atoms with E-state index in [1.54, 1.807) is 0 Å². The van der Waals surface area contributed by atoms with Gasteiger partial charge in [0.2, 0.25) is 11.0 Å². The first-order valence-electron chi connectivity index (χ1n) is 3.99. The van der Waals surface area contributed by atoms with Crippen LogP contribution in [0, 0.1) is 6.92 Å². The molecule has 1 heterocycles. The van der Waals surface area contributed by atoms with Gasteiger partial charge >= 0.3 is 0 Å². The highest BCUT2D eigenvalue weighted by molar-refractivity contribution is 7.15. The van der Waals surface area contributed by atoms with Crippen LogP contribution >= 0.6 is 23.7 Å². The maximum Gasteiger partial charge on any atom is 0.245 e. The van der Waals surface area contributed by atoms with Crippen LogP contribution in [0.4, 0.5) is 5.13 Å². The molecule has 6 nitrogen and oxygen atoms in total. The van der Waals surface area contributed by atoms with Crippen molar-refractivity contribution in [1.82, 2.24) is 10.2 Å². The van der Waals surface area contributed by atoms with Crippen molar-refractivity contribution in [2.45, 2.75) is 13.0 Å². The molecule has 0 saturated carbocycles. The summed E-state index contributed by atoms with van der Waals surface area (Å²) in [5, 5.41) is 11.3. The molecule has 86 valence electrons. The number of carbonyl (C=O) groups is 1. The maximum absolute atomic E-state index is 11.3. The van der Waals surface area contributed by atoms with Gasteiger partial charge in [0.05, 0.1) is 6.61 Å². The minimum Gasteiger partial charge on any atom is -0.383 e. The van der Waals surface area contributed by atoms with Gasteiger partial charge in [-0.2, -0.15) is 0 Å². The lowest BCUT2D eigenvalue weighted by Crippen LogP contribution is -2.39. The number of anilines is 1. The van der Waals surface area contributed by atoms with Crippen LogP contribution in [0.15, 0.2) is 0 Å². The Labute approximate surface area is 97.6 Å². The Morgan fingerprint density at radius 2 is 2.33 bits per heavy atom. The Bertz CT molecular complexity index is 320. The number of hydrogen-bond acceptors (Lipinski definition) is 6. The van der Waals surface area contributed by atoms with Gasteiger partial charge in [-0.1, -0.05) is 11.3 Å². The first-order valence-corrected chi connectivity index (χ1v) is 4.80. The molecular weight excluding hydrogens is 240 g/mol. The molecule has 1 unspecified atom stereocenters. The summed E-state index contributed by atoms with van der Waals surface area (Å²) in [6, 6.07) is -0.677. The number of nitrogens with zero attached hydrogens (tertiary/aromatic N) is 2. The molecule has 15 heavy (non-hydrogen) atoms. The summed E-state index contributed by atoms with van der Waals surface area (Å²) in [6.45, 7) is 1.99. The zero-order chi connectivity index (χ0) is 10.6. The van der Waals surface area contributed by atoms with Crippen LogP contribution in [0.5, 0.6) is 0 Å². The lowest BCUT2D eigenvalue weighted by molar-refractivity contribution is -0.118. The molecule has 0 aromatic carbocycles. The van der Waals surface area contributed by atoms with E-state index in [1.165, 1.54) is 18.4 Å². The Morgan fingerprint density at radius 1 is 1.67 bits per heavy atom. The summed E-state index contributed by atoms with van der Waals surface area (Å²) < 4.78 is 4.75. The minimum atomic E-state index is -0.677. The molecule has 0 spiro atoms. The summed E-state index contributed by atoms with van der Waals surface area (Å²) in [7, 11) is 1.49. The van der Waals surface area contributed by atoms with Crippen molar-refractivity contribution in [3.05, 3.63) is 5.01 Å². The third kappa shape index (κ3) is 4.52. The predicted molar refractivity (Wildman–Crippen MR) is 60.4 cm³/mol. The van der Waals surface area contributed by atoms with Crippen molar-refractivity contribution in [2.75, 3.05) is 19.0 Å². The molecule has 1 amide bonds. The number of amides is 1. The standard InChI is InChI=1S/C7H12N4O2S.ClH/c1-4-10-11-7(14-4)9-6(12)5(8)3-13-2;/h5H,3,8H2,1-2H3,(H,9,11,12);1H. The molecule has 3 N–H and O–H groups in total. The van der Waals surface area contributed by atoms with E-state index in [1.807, 2.05) is 6.92 Å². The first-order chi connectivity index (χ1) is 6.63. The number of methoxy groups -OCH3 is 1. The number of ether oxygens (including phenoxy) is 1. The van der Waals surface area contributed by atoms with Crippen molar-refractivity contribution in [3.8, 4) is 0 Å². The molecule has 0 aliphatic carbocycles. The van der Waals surface area contributed by atoms with Crippen molar-refractivity contribution in [3.63, 3.8) is 0 Å². The maximum atomic E-state index is 11.3. The van der Waals surface area contributed by atoms with Crippen molar-refractivity contribution < 1.29 is 9.53 Å². The van der Waals surface area contributed by atoms with E-state index in [4.69, 9.17) is 10.5 Å². The Balaban J connectivity index is 0.00000196. The van der Waals surface area contributed by atoms with E-state index >= 15 is 0 Å². The van der Waals surface area contributed by atoms with Crippen LogP contribution in [0.3, 0.4) is 0 Å². The Kier molecular flexibility index (Phi) is 6.34. The van der Waals surface area contributed by atoms with Crippen LogP contribution in [-0.2, 0) is 9.53 Å². The molecule has 1 atom stereocenters.